The van der Waals surface area contributed by atoms with E-state index in [0.29, 0.717) is 25.1 Å². The Morgan fingerprint density at radius 3 is 1.94 bits per heavy atom. The fraction of sp³-hybridized carbons (Fsp3) is 0.639. The summed E-state index contributed by atoms with van der Waals surface area (Å²) in [4.78, 5) is 149. The number of benzene rings is 1. The number of nitrogens with one attached hydrogen (secondary N) is 7. The van der Waals surface area contributed by atoms with Crippen LogP contribution in [0.25, 0.3) is 0 Å². The van der Waals surface area contributed by atoms with E-state index in [-0.39, 0.29) is 143 Å². The third-order valence-corrected chi connectivity index (χ3v) is 15.4. The summed E-state index contributed by atoms with van der Waals surface area (Å²) in [6.07, 6.45) is 0.368. The topological polar surface area (TPSA) is 367 Å². The summed E-state index contributed by atoms with van der Waals surface area (Å²) in [6.45, 7) is 21.2. The van der Waals surface area contributed by atoms with Crippen molar-refractivity contribution in [2.75, 3.05) is 98.9 Å². The van der Waals surface area contributed by atoms with E-state index >= 15 is 0 Å². The number of carbonyl (C=O) groups is 11. The zero-order valence-electron chi connectivity index (χ0n) is 54.4. The van der Waals surface area contributed by atoms with Gasteiger partial charge in [-0.2, -0.15) is 0 Å². The van der Waals surface area contributed by atoms with Gasteiger partial charge in [0.2, 0.25) is 41.4 Å². The number of aromatic nitrogens is 1. The Bertz CT molecular complexity index is 2710. The van der Waals surface area contributed by atoms with Crippen LogP contribution in [-0.2, 0) is 78.1 Å². The smallest absolute Gasteiger partial charge is 0.313 e. The number of likely N-dealkylation sites (N-methyl/N-ethyl adjacent to an activating group) is 2. The van der Waals surface area contributed by atoms with Crippen molar-refractivity contribution in [3.63, 3.8) is 0 Å². The molecule has 1 aromatic carbocycles. The molecule has 90 heavy (non-hydrogen) atoms. The van der Waals surface area contributed by atoms with E-state index in [4.69, 9.17) is 28.4 Å². The summed E-state index contributed by atoms with van der Waals surface area (Å²) < 4.78 is 33.1. The van der Waals surface area contributed by atoms with Crippen LogP contribution in [0.3, 0.4) is 0 Å². The predicted octanol–water partition coefficient (Wildman–Crippen LogP) is 2.69. The minimum Gasteiger partial charge on any atom is -0.481 e. The first-order valence-electron chi connectivity index (χ1n) is 30.0. The molecule has 0 spiro atoms. The lowest BCUT2D eigenvalue weighted by molar-refractivity contribution is -0.149. The number of nitrogens with zero attached hydrogens (tertiary/aromatic N) is 3. The van der Waals surface area contributed by atoms with Gasteiger partial charge in [-0.05, 0) is 83.3 Å². The summed E-state index contributed by atoms with van der Waals surface area (Å²) in [7, 11) is 5.18. The standard InChI is InChI=1S/C61H96N10O18S/c1-15-38(5)54(69-60(83)61(10,11)70(12)13)58(80)71(14)47(37(3)4)34-49(88-42(9)73)57-68-46(36-90-57)56(79)66-44(31-39(6)59(81)82)32-43-17-18-48(89-53(77)20-24-85-28-30-87-26-22-63-50(74)16-2)45(33-43)67-52(76)35-64-55(78)40(7)65-51(75)19-23-84-27-29-86-25-21-62-41(8)72/h16-18,33,36-40,44,47,49,54H,2,15,19-32,34-35H2,1,3-14H3,(H,62,72)(H,63,74)(H,64,78)(H,65,75)(H,66,79)(H,67,76)(H,69,83)(H,81,82)/t38-,39?,40?,44+,47+,49+,54-/m0/s1. The molecule has 504 valence electrons. The molecule has 29 heteroatoms. The Morgan fingerprint density at radius 1 is 0.767 bits per heavy atom. The van der Waals surface area contributed by atoms with Crippen LogP contribution in [0, 0.1) is 17.8 Å². The van der Waals surface area contributed by atoms with Crippen molar-refractivity contribution >= 4 is 82.2 Å². The van der Waals surface area contributed by atoms with Crippen LogP contribution in [0.5, 0.6) is 5.75 Å². The van der Waals surface area contributed by atoms with Gasteiger partial charge < -0.3 is 75.6 Å². The number of carboxylic acids is 1. The van der Waals surface area contributed by atoms with E-state index in [0.717, 1.165) is 17.4 Å². The molecule has 0 aliphatic carbocycles. The van der Waals surface area contributed by atoms with E-state index in [9.17, 15) is 57.8 Å². The lowest BCUT2D eigenvalue weighted by atomic mass is 9.92. The quantitative estimate of drug-likeness (QED) is 0.0205. The number of thiazole rings is 1. The van der Waals surface area contributed by atoms with Crippen LogP contribution >= 0.6 is 11.3 Å². The van der Waals surface area contributed by atoms with Gasteiger partial charge in [0.15, 0.2) is 11.9 Å². The molecule has 2 rings (SSSR count). The SMILES string of the molecule is C=CC(=O)NCCOCCOCCC(=O)Oc1ccc(C[C@@H](CC(C)C(=O)O)NC(=O)c2csc([C@@H](C[C@H](C(C)C)N(C)C(=O)[C@@H](NC(=O)C(C)(C)N(C)C)[C@@H](C)CC)OC(C)=O)n2)cc1NC(=O)CNC(=O)C(C)NC(=O)CCOCCOCCNC(C)=O. The first kappa shape index (κ1) is 78.7. The summed E-state index contributed by atoms with van der Waals surface area (Å²) in [5, 5.41) is 30.4. The zero-order chi connectivity index (χ0) is 67.7. The summed E-state index contributed by atoms with van der Waals surface area (Å²) in [5.41, 5.74) is -0.599. The van der Waals surface area contributed by atoms with Crippen LogP contribution in [0.2, 0.25) is 0 Å². The molecule has 8 amide bonds. The third-order valence-electron chi connectivity index (χ3n) is 14.5. The van der Waals surface area contributed by atoms with Gasteiger partial charge >= 0.3 is 17.9 Å². The number of anilines is 1. The number of aliphatic carboxylic acids is 1. The van der Waals surface area contributed by atoms with Crippen molar-refractivity contribution in [3.05, 3.63) is 52.5 Å². The average Bonchev–Trinajstić information content (AvgIpc) is 1.38. The van der Waals surface area contributed by atoms with E-state index < -0.39 is 89.8 Å². The van der Waals surface area contributed by atoms with Gasteiger partial charge in [0.25, 0.3) is 5.91 Å². The van der Waals surface area contributed by atoms with Crippen LogP contribution in [0.15, 0.2) is 36.2 Å². The lowest BCUT2D eigenvalue weighted by Crippen LogP contribution is -2.60. The maximum atomic E-state index is 14.4. The Morgan fingerprint density at radius 2 is 1.38 bits per heavy atom. The van der Waals surface area contributed by atoms with Gasteiger partial charge in [0.05, 0.1) is 83.0 Å². The van der Waals surface area contributed by atoms with Gasteiger partial charge in [-0.3, -0.25) is 57.6 Å². The molecule has 0 saturated carbocycles. The molecule has 2 aromatic rings. The molecule has 8 N–H and O–H groups in total. The third kappa shape index (κ3) is 29.5. The van der Waals surface area contributed by atoms with Crippen molar-refractivity contribution in [2.24, 2.45) is 17.8 Å². The molecule has 2 unspecified atom stereocenters. The number of hydrogen-bond donors (Lipinski definition) is 8. The van der Waals surface area contributed by atoms with Crippen molar-refractivity contribution in [2.45, 2.75) is 144 Å². The van der Waals surface area contributed by atoms with Gasteiger partial charge in [-0.15, -0.1) is 11.3 Å². The number of esters is 2. The van der Waals surface area contributed by atoms with Crippen molar-refractivity contribution in [3.8, 4) is 5.75 Å². The largest absolute Gasteiger partial charge is 0.481 e. The Kier molecular flexibility index (Phi) is 35.9. The van der Waals surface area contributed by atoms with Gasteiger partial charge in [-0.25, -0.2) is 4.98 Å². The number of rotatable bonds is 44. The first-order valence-corrected chi connectivity index (χ1v) is 30.9. The number of carbonyl (C=O) groups excluding carboxylic acids is 10. The molecule has 1 aromatic heterocycles. The van der Waals surface area contributed by atoms with Crippen LogP contribution in [-0.4, -0.2) is 208 Å². The van der Waals surface area contributed by atoms with E-state index in [1.807, 2.05) is 27.7 Å². The minimum absolute atomic E-state index is 0.0298. The fourth-order valence-electron chi connectivity index (χ4n) is 8.43. The number of carboxylic acid groups (broad SMARTS) is 1. The second kappa shape index (κ2) is 41.0. The summed E-state index contributed by atoms with van der Waals surface area (Å²) >= 11 is 1.04. The van der Waals surface area contributed by atoms with E-state index in [1.54, 1.807) is 50.9 Å². The van der Waals surface area contributed by atoms with E-state index in [1.165, 1.54) is 45.2 Å². The lowest BCUT2D eigenvalue weighted by Gasteiger charge is -2.38. The predicted molar refractivity (Wildman–Crippen MR) is 334 cm³/mol. The Balaban J connectivity index is 2.38. The van der Waals surface area contributed by atoms with Gasteiger partial charge in [-0.1, -0.05) is 53.7 Å². The highest BCUT2D eigenvalue weighted by Gasteiger charge is 2.39. The second-order valence-corrected chi connectivity index (χ2v) is 23.5. The highest BCUT2D eigenvalue weighted by Crippen LogP contribution is 2.32. The van der Waals surface area contributed by atoms with Gasteiger partial charge in [0, 0.05) is 64.3 Å². The molecule has 0 saturated heterocycles. The number of ether oxygens (including phenoxy) is 6. The number of hydrogen-bond acceptors (Lipinski definition) is 20. The molecule has 0 bridgehead atoms. The molecule has 1 heterocycles. The number of amides is 8. The monoisotopic (exact) mass is 1290 g/mol. The van der Waals surface area contributed by atoms with Crippen molar-refractivity contribution < 1.29 is 86.3 Å². The molecule has 0 fully saturated rings. The maximum Gasteiger partial charge on any atom is 0.313 e. The summed E-state index contributed by atoms with van der Waals surface area (Å²) in [6, 6.07) is 1.03. The molecular weight excluding hydrogens is 1190 g/mol. The van der Waals surface area contributed by atoms with Crippen LogP contribution in [0.1, 0.15) is 129 Å². The molecular formula is C61H96N10O18S. The van der Waals surface area contributed by atoms with Crippen LogP contribution < -0.4 is 42.0 Å². The maximum absolute atomic E-state index is 14.4. The Hall–Kier alpha value is -7.44. The average molecular weight is 1290 g/mol. The van der Waals surface area contributed by atoms with Crippen molar-refractivity contribution in [1.29, 1.82) is 0 Å². The highest BCUT2D eigenvalue weighted by molar-refractivity contribution is 7.09. The molecule has 0 radical (unpaired) electrons. The zero-order valence-corrected chi connectivity index (χ0v) is 55.2. The highest BCUT2D eigenvalue weighted by atomic mass is 32.1. The normalized spacial score (nSPS) is 13.7. The first-order chi connectivity index (χ1) is 42.4. The van der Waals surface area contributed by atoms with Gasteiger partial charge in [0.1, 0.15) is 22.8 Å². The minimum atomic E-state index is -1.15. The summed E-state index contributed by atoms with van der Waals surface area (Å²) in [5.74, 6) is -7.88. The van der Waals surface area contributed by atoms with Crippen molar-refractivity contribution in [1.82, 2.24) is 46.7 Å². The Labute approximate surface area is 531 Å². The molecule has 0 aliphatic rings. The fourth-order valence-corrected chi connectivity index (χ4v) is 9.27. The van der Waals surface area contributed by atoms with E-state index in [2.05, 4.69) is 48.8 Å². The molecule has 0 aliphatic heterocycles. The van der Waals surface area contributed by atoms with Crippen LogP contribution in [0.4, 0.5) is 5.69 Å². The molecule has 28 nitrogen and oxygen atoms in total. The second-order valence-electron chi connectivity index (χ2n) is 22.6. The molecule has 7 atom stereocenters.